The third kappa shape index (κ3) is 2.71. The normalized spacial score (nSPS) is 13.5. The average molecular weight is 322 g/mol. The topological polar surface area (TPSA) is 29.5 Å². The van der Waals surface area contributed by atoms with Crippen LogP contribution in [0.1, 0.15) is 21.5 Å². The number of hydrogen-bond donors (Lipinski definition) is 0. The van der Waals surface area contributed by atoms with Gasteiger partial charge in [0.25, 0.3) is 5.91 Å². The fraction of sp³-hybridized carbons (Fsp3) is 0.188. The summed E-state index contributed by atoms with van der Waals surface area (Å²) < 4.78 is 5.19. The zero-order chi connectivity index (χ0) is 15.0. The number of hydrogen-bond acceptors (Lipinski definition) is 2. The molecule has 0 radical (unpaired) electrons. The van der Waals surface area contributed by atoms with Crippen LogP contribution >= 0.6 is 23.2 Å². The number of amides is 1. The molecule has 0 saturated carbocycles. The van der Waals surface area contributed by atoms with E-state index >= 15 is 0 Å². The summed E-state index contributed by atoms with van der Waals surface area (Å²) in [7, 11) is 1.58. The quantitative estimate of drug-likeness (QED) is 0.849. The van der Waals surface area contributed by atoms with E-state index < -0.39 is 0 Å². The molecule has 0 atom stereocenters. The minimum atomic E-state index is -0.0485. The lowest BCUT2D eigenvalue weighted by Crippen LogP contribution is -2.23. The Bertz CT molecular complexity index is 698. The van der Waals surface area contributed by atoms with E-state index in [1.807, 2.05) is 30.3 Å². The predicted molar refractivity (Wildman–Crippen MR) is 83.0 cm³/mol. The largest absolute Gasteiger partial charge is 0.497 e. The molecule has 108 valence electrons. The molecule has 1 amide bonds. The molecule has 0 aliphatic carbocycles. The molecule has 0 N–H and O–H groups in total. The van der Waals surface area contributed by atoms with Crippen molar-refractivity contribution in [3.8, 4) is 5.75 Å². The molecule has 5 heteroatoms. The molecular weight excluding hydrogens is 309 g/mol. The lowest BCUT2D eigenvalue weighted by atomic mass is 10.1. The minimum absolute atomic E-state index is 0.0485. The Kier molecular flexibility index (Phi) is 3.79. The maximum Gasteiger partial charge on any atom is 0.256 e. The van der Waals surface area contributed by atoms with Crippen LogP contribution in [0.3, 0.4) is 0 Å². The van der Waals surface area contributed by atoms with Crippen molar-refractivity contribution in [3.05, 3.63) is 63.1 Å². The van der Waals surface area contributed by atoms with E-state index in [-0.39, 0.29) is 5.91 Å². The fourth-order valence-electron chi connectivity index (χ4n) is 2.49. The highest BCUT2D eigenvalue weighted by molar-refractivity contribution is 6.34. The molecule has 2 aromatic carbocycles. The maximum absolute atomic E-state index is 12.5. The standard InChI is InChI=1S/C16H13Cl2NO2/c1-21-13-6-11-9-19(16(20)15(11)14(18)7-13)8-10-2-4-12(17)5-3-10/h2-7H,8-9H2,1H3. The number of halogens is 2. The van der Waals surface area contributed by atoms with Gasteiger partial charge in [-0.05, 0) is 35.4 Å². The van der Waals surface area contributed by atoms with Crippen molar-refractivity contribution in [1.82, 2.24) is 4.90 Å². The predicted octanol–water partition coefficient (Wildman–Crippen LogP) is 4.16. The molecule has 1 heterocycles. The Balaban J connectivity index is 1.86. The third-order valence-corrected chi connectivity index (χ3v) is 4.08. The molecule has 0 spiro atoms. The Morgan fingerprint density at radius 2 is 1.90 bits per heavy atom. The van der Waals surface area contributed by atoms with Crippen LogP contribution in [0.2, 0.25) is 10.0 Å². The fourth-order valence-corrected chi connectivity index (χ4v) is 2.93. The van der Waals surface area contributed by atoms with E-state index in [9.17, 15) is 4.79 Å². The van der Waals surface area contributed by atoms with Crippen LogP contribution in [-0.2, 0) is 13.1 Å². The highest BCUT2D eigenvalue weighted by Crippen LogP contribution is 2.34. The molecule has 21 heavy (non-hydrogen) atoms. The first-order chi connectivity index (χ1) is 10.1. The number of carbonyl (C=O) groups is 1. The number of ether oxygens (including phenoxy) is 1. The smallest absolute Gasteiger partial charge is 0.256 e. The van der Waals surface area contributed by atoms with Gasteiger partial charge in [-0.3, -0.25) is 4.79 Å². The summed E-state index contributed by atoms with van der Waals surface area (Å²) in [5.41, 5.74) is 2.51. The van der Waals surface area contributed by atoms with Gasteiger partial charge in [0.1, 0.15) is 5.75 Å². The van der Waals surface area contributed by atoms with Gasteiger partial charge >= 0.3 is 0 Å². The Hall–Kier alpha value is -1.71. The second kappa shape index (κ2) is 5.58. The van der Waals surface area contributed by atoms with Crippen molar-refractivity contribution in [2.24, 2.45) is 0 Å². The van der Waals surface area contributed by atoms with Gasteiger partial charge < -0.3 is 9.64 Å². The monoisotopic (exact) mass is 321 g/mol. The third-order valence-electron chi connectivity index (χ3n) is 3.53. The molecule has 0 fully saturated rings. The maximum atomic E-state index is 12.5. The number of rotatable bonds is 3. The number of benzene rings is 2. The van der Waals surface area contributed by atoms with E-state index in [2.05, 4.69) is 0 Å². The van der Waals surface area contributed by atoms with Gasteiger partial charge in [0.2, 0.25) is 0 Å². The van der Waals surface area contributed by atoms with E-state index in [0.717, 1.165) is 11.1 Å². The van der Waals surface area contributed by atoms with Crippen molar-refractivity contribution < 1.29 is 9.53 Å². The van der Waals surface area contributed by atoms with Crippen molar-refractivity contribution in [2.75, 3.05) is 7.11 Å². The van der Waals surface area contributed by atoms with Gasteiger partial charge in [-0.2, -0.15) is 0 Å². The van der Waals surface area contributed by atoms with E-state index in [1.54, 1.807) is 18.1 Å². The summed E-state index contributed by atoms with van der Waals surface area (Å²) in [5.74, 6) is 0.618. The summed E-state index contributed by atoms with van der Waals surface area (Å²) in [6.07, 6.45) is 0. The Morgan fingerprint density at radius 3 is 2.57 bits per heavy atom. The number of carbonyl (C=O) groups excluding carboxylic acids is 1. The summed E-state index contributed by atoms with van der Waals surface area (Å²) in [6, 6.07) is 11.0. The van der Waals surface area contributed by atoms with Crippen molar-refractivity contribution in [3.63, 3.8) is 0 Å². The number of methoxy groups -OCH3 is 1. The van der Waals surface area contributed by atoms with Crippen LogP contribution in [0.4, 0.5) is 0 Å². The molecule has 0 bridgehead atoms. The summed E-state index contributed by atoms with van der Waals surface area (Å²) in [6.45, 7) is 1.07. The van der Waals surface area contributed by atoms with Crippen LogP contribution < -0.4 is 4.74 Å². The first-order valence-corrected chi connectivity index (χ1v) is 7.24. The van der Waals surface area contributed by atoms with Gasteiger partial charge in [0, 0.05) is 18.1 Å². The lowest BCUT2D eigenvalue weighted by molar-refractivity contribution is 0.0767. The van der Waals surface area contributed by atoms with Gasteiger partial charge in [0.05, 0.1) is 17.7 Å². The molecular formula is C16H13Cl2NO2. The van der Waals surface area contributed by atoms with E-state index in [0.29, 0.717) is 34.4 Å². The van der Waals surface area contributed by atoms with Crippen molar-refractivity contribution in [2.45, 2.75) is 13.1 Å². The van der Waals surface area contributed by atoms with Crippen LogP contribution in [-0.4, -0.2) is 17.9 Å². The zero-order valence-electron chi connectivity index (χ0n) is 11.4. The number of nitrogens with zero attached hydrogens (tertiary/aromatic N) is 1. The first kappa shape index (κ1) is 14.2. The summed E-state index contributed by atoms with van der Waals surface area (Å²) >= 11 is 12.1. The Morgan fingerprint density at radius 1 is 1.19 bits per heavy atom. The van der Waals surface area contributed by atoms with Crippen LogP contribution in [0.15, 0.2) is 36.4 Å². The minimum Gasteiger partial charge on any atom is -0.497 e. The van der Waals surface area contributed by atoms with Crippen LogP contribution in [0, 0.1) is 0 Å². The molecule has 3 rings (SSSR count). The van der Waals surface area contributed by atoms with E-state index in [1.165, 1.54) is 0 Å². The first-order valence-electron chi connectivity index (χ1n) is 6.48. The molecule has 1 aliphatic heterocycles. The molecule has 0 aromatic heterocycles. The number of fused-ring (bicyclic) bond motifs is 1. The van der Waals surface area contributed by atoms with Gasteiger partial charge in [-0.25, -0.2) is 0 Å². The average Bonchev–Trinajstić information content (AvgIpc) is 2.78. The van der Waals surface area contributed by atoms with Gasteiger partial charge in [0.15, 0.2) is 0 Å². The van der Waals surface area contributed by atoms with E-state index in [4.69, 9.17) is 27.9 Å². The Labute approximate surface area is 133 Å². The highest BCUT2D eigenvalue weighted by Gasteiger charge is 2.30. The molecule has 3 nitrogen and oxygen atoms in total. The second-order valence-electron chi connectivity index (χ2n) is 4.93. The highest BCUT2D eigenvalue weighted by atomic mass is 35.5. The molecule has 0 unspecified atom stereocenters. The van der Waals surface area contributed by atoms with Gasteiger partial charge in [-0.15, -0.1) is 0 Å². The second-order valence-corrected chi connectivity index (χ2v) is 5.77. The molecule has 1 aliphatic rings. The van der Waals surface area contributed by atoms with Gasteiger partial charge in [-0.1, -0.05) is 35.3 Å². The van der Waals surface area contributed by atoms with Crippen LogP contribution in [0.5, 0.6) is 5.75 Å². The molecule has 0 saturated heterocycles. The van der Waals surface area contributed by atoms with Crippen LogP contribution in [0.25, 0.3) is 0 Å². The van der Waals surface area contributed by atoms with Crippen molar-refractivity contribution in [1.29, 1.82) is 0 Å². The zero-order valence-corrected chi connectivity index (χ0v) is 12.9. The van der Waals surface area contributed by atoms with Crippen molar-refractivity contribution >= 4 is 29.1 Å². The SMILES string of the molecule is COc1cc(Cl)c2c(c1)CN(Cc1ccc(Cl)cc1)C2=O. The summed E-state index contributed by atoms with van der Waals surface area (Å²) in [5, 5.41) is 1.12. The summed E-state index contributed by atoms with van der Waals surface area (Å²) in [4.78, 5) is 14.2. The molecule has 2 aromatic rings. The lowest BCUT2D eigenvalue weighted by Gasteiger charge is -2.15.